The molecule has 102 valence electrons. The average molecular weight is 254 g/mol. The molecule has 1 rings (SSSR count). The van der Waals surface area contributed by atoms with E-state index < -0.39 is 5.60 Å². The van der Waals surface area contributed by atoms with Gasteiger partial charge in [-0.3, -0.25) is 0 Å². The molecule has 0 saturated heterocycles. The van der Waals surface area contributed by atoms with E-state index in [0.29, 0.717) is 31.1 Å². The second-order valence-corrected chi connectivity index (χ2v) is 4.78. The summed E-state index contributed by atoms with van der Waals surface area (Å²) in [7, 11) is 0. The molecule has 2 N–H and O–H groups in total. The molecule has 0 heterocycles. The predicted molar refractivity (Wildman–Crippen MR) is 69.9 cm³/mol. The third kappa shape index (κ3) is 4.94. The van der Waals surface area contributed by atoms with Crippen molar-refractivity contribution >= 4 is 0 Å². The molecule has 0 aromatic heterocycles. The van der Waals surface area contributed by atoms with E-state index in [-0.39, 0.29) is 6.61 Å². The molecule has 0 unspecified atom stereocenters. The molecule has 4 heteroatoms. The summed E-state index contributed by atoms with van der Waals surface area (Å²) in [6.45, 7) is 6.32. The minimum Gasteiger partial charge on any atom is -0.490 e. The highest BCUT2D eigenvalue weighted by Crippen LogP contribution is 2.29. The smallest absolute Gasteiger partial charge is 0.161 e. The summed E-state index contributed by atoms with van der Waals surface area (Å²) in [5, 5.41) is 18.7. The Kier molecular flexibility index (Phi) is 5.44. The molecule has 0 radical (unpaired) electrons. The van der Waals surface area contributed by atoms with Crippen LogP contribution in [0.15, 0.2) is 18.2 Å². The van der Waals surface area contributed by atoms with Crippen LogP contribution in [0.5, 0.6) is 11.5 Å². The zero-order valence-electron chi connectivity index (χ0n) is 11.3. The van der Waals surface area contributed by atoms with Gasteiger partial charge in [-0.2, -0.15) is 0 Å². The second kappa shape index (κ2) is 6.61. The molecule has 0 fully saturated rings. The van der Waals surface area contributed by atoms with Gasteiger partial charge >= 0.3 is 0 Å². The Hall–Kier alpha value is -1.26. The lowest BCUT2D eigenvalue weighted by Gasteiger charge is -2.18. The van der Waals surface area contributed by atoms with Crippen molar-refractivity contribution in [3.05, 3.63) is 23.8 Å². The quantitative estimate of drug-likeness (QED) is 0.782. The van der Waals surface area contributed by atoms with Crippen LogP contribution < -0.4 is 9.47 Å². The number of benzene rings is 1. The largest absolute Gasteiger partial charge is 0.490 e. The van der Waals surface area contributed by atoms with Gasteiger partial charge in [0.1, 0.15) is 0 Å². The third-order valence-corrected chi connectivity index (χ3v) is 2.46. The van der Waals surface area contributed by atoms with Gasteiger partial charge in [0.05, 0.1) is 25.4 Å². The Morgan fingerprint density at radius 2 is 1.89 bits per heavy atom. The van der Waals surface area contributed by atoms with E-state index in [2.05, 4.69) is 0 Å². The summed E-state index contributed by atoms with van der Waals surface area (Å²) in [6.07, 6.45) is 0.542. The fourth-order valence-corrected chi connectivity index (χ4v) is 1.45. The van der Waals surface area contributed by atoms with Gasteiger partial charge in [-0.25, -0.2) is 0 Å². The summed E-state index contributed by atoms with van der Waals surface area (Å²) >= 11 is 0. The molecule has 18 heavy (non-hydrogen) atoms. The highest BCUT2D eigenvalue weighted by atomic mass is 16.5. The van der Waals surface area contributed by atoms with E-state index in [1.165, 1.54) is 0 Å². The second-order valence-electron chi connectivity index (χ2n) is 4.78. The minimum atomic E-state index is -0.739. The van der Waals surface area contributed by atoms with E-state index >= 15 is 0 Å². The predicted octanol–water partition coefficient (Wildman–Crippen LogP) is 2.12. The molecule has 0 saturated carbocycles. The monoisotopic (exact) mass is 254 g/mol. The van der Waals surface area contributed by atoms with Crippen molar-refractivity contribution in [1.29, 1.82) is 0 Å². The highest BCUT2D eigenvalue weighted by molar-refractivity contribution is 5.42. The first-order valence-electron chi connectivity index (χ1n) is 6.18. The number of ether oxygens (including phenoxy) is 2. The molecule has 0 atom stereocenters. The fraction of sp³-hybridized carbons (Fsp3) is 0.571. The standard InChI is InChI=1S/C14H22O4/c1-4-17-13-9-11(10-15)5-6-12(13)18-8-7-14(2,3)16/h5-6,9,15-16H,4,7-8,10H2,1-3H3. The normalized spacial score (nSPS) is 11.4. The van der Waals surface area contributed by atoms with Gasteiger partial charge < -0.3 is 19.7 Å². The molecule has 0 amide bonds. The topological polar surface area (TPSA) is 58.9 Å². The Morgan fingerprint density at radius 3 is 2.44 bits per heavy atom. The van der Waals surface area contributed by atoms with Crippen LogP contribution >= 0.6 is 0 Å². The lowest BCUT2D eigenvalue weighted by Crippen LogP contribution is -2.21. The van der Waals surface area contributed by atoms with E-state index in [9.17, 15) is 5.11 Å². The van der Waals surface area contributed by atoms with Crippen LogP contribution in [0.25, 0.3) is 0 Å². The summed E-state index contributed by atoms with van der Waals surface area (Å²) < 4.78 is 11.1. The summed E-state index contributed by atoms with van der Waals surface area (Å²) in [4.78, 5) is 0. The molecule has 0 spiro atoms. The van der Waals surface area contributed by atoms with Crippen LogP contribution in [0, 0.1) is 0 Å². The fourth-order valence-electron chi connectivity index (χ4n) is 1.45. The Bertz CT molecular complexity index is 369. The number of aliphatic hydroxyl groups excluding tert-OH is 1. The molecule has 1 aromatic carbocycles. The molecule has 4 nitrogen and oxygen atoms in total. The van der Waals surface area contributed by atoms with Gasteiger partial charge in [0.15, 0.2) is 11.5 Å². The highest BCUT2D eigenvalue weighted by Gasteiger charge is 2.13. The Morgan fingerprint density at radius 1 is 1.17 bits per heavy atom. The molecule has 0 aliphatic carbocycles. The lowest BCUT2D eigenvalue weighted by molar-refractivity contribution is 0.0548. The Labute approximate surface area is 108 Å². The molecule has 1 aromatic rings. The van der Waals surface area contributed by atoms with Gasteiger partial charge in [-0.1, -0.05) is 6.07 Å². The van der Waals surface area contributed by atoms with Crippen molar-refractivity contribution in [2.75, 3.05) is 13.2 Å². The summed E-state index contributed by atoms with van der Waals surface area (Å²) in [5.74, 6) is 1.26. The number of aliphatic hydroxyl groups is 2. The lowest BCUT2D eigenvalue weighted by atomic mass is 10.1. The summed E-state index contributed by atoms with van der Waals surface area (Å²) in [5.41, 5.74) is 0.0462. The van der Waals surface area contributed by atoms with Gasteiger partial charge in [-0.15, -0.1) is 0 Å². The van der Waals surface area contributed by atoms with E-state index in [1.54, 1.807) is 32.0 Å². The maximum atomic E-state index is 9.61. The van der Waals surface area contributed by atoms with Gasteiger partial charge in [-0.05, 0) is 38.5 Å². The van der Waals surface area contributed by atoms with Gasteiger partial charge in [0, 0.05) is 6.42 Å². The van der Waals surface area contributed by atoms with Crippen molar-refractivity contribution in [1.82, 2.24) is 0 Å². The molecule has 0 aliphatic heterocycles. The van der Waals surface area contributed by atoms with Crippen molar-refractivity contribution in [3.8, 4) is 11.5 Å². The maximum Gasteiger partial charge on any atom is 0.161 e. The van der Waals surface area contributed by atoms with E-state index in [1.807, 2.05) is 6.92 Å². The first-order valence-corrected chi connectivity index (χ1v) is 6.18. The zero-order valence-corrected chi connectivity index (χ0v) is 11.3. The molecule has 0 bridgehead atoms. The van der Waals surface area contributed by atoms with Crippen LogP contribution in [0.1, 0.15) is 32.8 Å². The van der Waals surface area contributed by atoms with Crippen LogP contribution in [0.2, 0.25) is 0 Å². The van der Waals surface area contributed by atoms with Crippen LogP contribution in [0.4, 0.5) is 0 Å². The van der Waals surface area contributed by atoms with Crippen LogP contribution in [0.3, 0.4) is 0 Å². The van der Waals surface area contributed by atoms with E-state index in [0.717, 1.165) is 5.56 Å². The SMILES string of the molecule is CCOc1cc(CO)ccc1OCCC(C)(C)O. The maximum absolute atomic E-state index is 9.61. The van der Waals surface area contributed by atoms with Gasteiger partial charge in [0.2, 0.25) is 0 Å². The van der Waals surface area contributed by atoms with Crippen molar-refractivity contribution in [2.45, 2.75) is 39.4 Å². The van der Waals surface area contributed by atoms with Gasteiger partial charge in [0.25, 0.3) is 0 Å². The first-order chi connectivity index (χ1) is 8.46. The van der Waals surface area contributed by atoms with Crippen molar-refractivity contribution in [3.63, 3.8) is 0 Å². The molecular formula is C14H22O4. The van der Waals surface area contributed by atoms with E-state index in [4.69, 9.17) is 14.6 Å². The number of hydrogen-bond acceptors (Lipinski definition) is 4. The zero-order chi connectivity index (χ0) is 13.6. The number of rotatable bonds is 7. The van der Waals surface area contributed by atoms with Crippen molar-refractivity contribution < 1.29 is 19.7 Å². The van der Waals surface area contributed by atoms with Crippen molar-refractivity contribution in [2.24, 2.45) is 0 Å². The summed E-state index contributed by atoms with van der Waals surface area (Å²) in [6, 6.07) is 5.34. The van der Waals surface area contributed by atoms with Crippen LogP contribution in [-0.2, 0) is 6.61 Å². The van der Waals surface area contributed by atoms with Crippen LogP contribution in [-0.4, -0.2) is 29.0 Å². The minimum absolute atomic E-state index is 0.0238. The molecular weight excluding hydrogens is 232 g/mol. The average Bonchev–Trinajstić information content (AvgIpc) is 2.29. The first kappa shape index (κ1) is 14.8. The Balaban J connectivity index is 2.68. The molecule has 0 aliphatic rings. The number of hydrogen-bond donors (Lipinski definition) is 2. The third-order valence-electron chi connectivity index (χ3n) is 2.46.